The van der Waals surface area contributed by atoms with Gasteiger partial charge in [0.25, 0.3) is 0 Å². The highest BCUT2D eigenvalue weighted by atomic mass is 16.6. The molecule has 19 heavy (non-hydrogen) atoms. The van der Waals surface area contributed by atoms with E-state index in [9.17, 15) is 4.79 Å². The molecule has 1 aromatic rings. The molecule has 0 fully saturated rings. The Bertz CT molecular complexity index is 666. The van der Waals surface area contributed by atoms with E-state index in [-0.39, 0.29) is 0 Å². The first-order valence-electron chi connectivity index (χ1n) is 5.87. The summed E-state index contributed by atoms with van der Waals surface area (Å²) >= 11 is 0. The number of hydrogen-bond acceptors (Lipinski definition) is 4. The van der Waals surface area contributed by atoms with Crippen molar-refractivity contribution in [2.45, 2.75) is 6.92 Å². The van der Waals surface area contributed by atoms with Crippen molar-refractivity contribution in [2.24, 2.45) is 4.99 Å². The summed E-state index contributed by atoms with van der Waals surface area (Å²) in [5, 5.41) is 0. The minimum absolute atomic E-state index is 0.366. The van der Waals surface area contributed by atoms with E-state index in [1.54, 1.807) is 12.2 Å². The monoisotopic (exact) mass is 253 g/mol. The lowest BCUT2D eigenvalue weighted by Gasteiger charge is -2.18. The minimum Gasteiger partial charge on any atom is -0.449 e. The Hall–Kier alpha value is -2.62. The molecule has 0 saturated carbocycles. The van der Waals surface area contributed by atoms with Gasteiger partial charge in [0.1, 0.15) is 11.4 Å². The van der Waals surface area contributed by atoms with E-state index < -0.39 is 5.97 Å². The first-order chi connectivity index (χ1) is 9.24. The van der Waals surface area contributed by atoms with Crippen molar-refractivity contribution >= 4 is 17.4 Å². The van der Waals surface area contributed by atoms with Crippen LogP contribution in [0.15, 0.2) is 65.1 Å². The number of rotatable bonds is 1. The minimum atomic E-state index is -0.393. The summed E-state index contributed by atoms with van der Waals surface area (Å²) in [4.78, 5) is 15.6. The summed E-state index contributed by atoms with van der Waals surface area (Å²) in [6.07, 6.45) is 7.11. The third kappa shape index (κ3) is 2.20. The van der Waals surface area contributed by atoms with Gasteiger partial charge in [0.15, 0.2) is 17.3 Å². The van der Waals surface area contributed by atoms with Crippen molar-refractivity contribution in [3.63, 3.8) is 0 Å². The normalized spacial score (nSPS) is 15.9. The number of hydrogen-bond donors (Lipinski definition) is 0. The van der Waals surface area contributed by atoms with Gasteiger partial charge >= 0.3 is 5.97 Å². The fraction of sp³-hybridized carbons (Fsp3) is 0.0667. The van der Waals surface area contributed by atoms with E-state index in [1.807, 2.05) is 36.4 Å². The van der Waals surface area contributed by atoms with Gasteiger partial charge in [-0.25, -0.2) is 4.99 Å². The van der Waals surface area contributed by atoms with Gasteiger partial charge in [0.05, 0.1) is 0 Å². The number of allylic oxidation sites excluding steroid dienone is 4. The van der Waals surface area contributed by atoms with Crippen molar-refractivity contribution in [1.82, 2.24) is 0 Å². The predicted octanol–water partition coefficient (Wildman–Crippen LogP) is 3.05. The zero-order valence-electron chi connectivity index (χ0n) is 10.3. The van der Waals surface area contributed by atoms with E-state index in [0.29, 0.717) is 23.0 Å². The third-order valence-electron chi connectivity index (χ3n) is 2.64. The van der Waals surface area contributed by atoms with E-state index >= 15 is 0 Å². The highest BCUT2D eigenvalue weighted by molar-refractivity contribution is 6.11. The molecular formula is C15H11NO3. The quantitative estimate of drug-likeness (QED) is 0.723. The fourth-order valence-corrected chi connectivity index (χ4v) is 1.87. The van der Waals surface area contributed by atoms with E-state index in [1.165, 1.54) is 6.92 Å². The van der Waals surface area contributed by atoms with Crippen LogP contribution in [0.5, 0.6) is 5.75 Å². The van der Waals surface area contributed by atoms with Crippen molar-refractivity contribution < 1.29 is 14.3 Å². The third-order valence-corrected chi connectivity index (χ3v) is 2.64. The largest absolute Gasteiger partial charge is 0.449 e. The molecule has 0 aromatic heterocycles. The number of para-hydroxylation sites is 2. The average molecular weight is 253 g/mol. The zero-order chi connectivity index (χ0) is 13.2. The zero-order valence-corrected chi connectivity index (χ0v) is 10.3. The van der Waals surface area contributed by atoms with Gasteiger partial charge in [-0.3, -0.25) is 4.79 Å². The van der Waals surface area contributed by atoms with Gasteiger partial charge in [-0.2, -0.15) is 0 Å². The topological polar surface area (TPSA) is 47.9 Å². The molecular weight excluding hydrogens is 242 g/mol. The molecule has 0 bridgehead atoms. The van der Waals surface area contributed by atoms with Gasteiger partial charge < -0.3 is 9.47 Å². The molecule has 0 unspecified atom stereocenters. The lowest BCUT2D eigenvalue weighted by Crippen LogP contribution is -2.15. The van der Waals surface area contributed by atoms with Crippen molar-refractivity contribution in [1.29, 1.82) is 0 Å². The number of carbonyl (C=O) groups is 1. The number of esters is 1. The van der Waals surface area contributed by atoms with Crippen LogP contribution in [0.25, 0.3) is 0 Å². The maximum absolute atomic E-state index is 11.1. The molecule has 4 nitrogen and oxygen atoms in total. The molecule has 3 rings (SSSR count). The molecule has 0 saturated heterocycles. The molecule has 1 aliphatic carbocycles. The van der Waals surface area contributed by atoms with Gasteiger partial charge in [-0.05, 0) is 24.3 Å². The smallest absolute Gasteiger partial charge is 0.308 e. The Kier molecular flexibility index (Phi) is 2.76. The van der Waals surface area contributed by atoms with Crippen LogP contribution in [-0.4, -0.2) is 11.7 Å². The highest BCUT2D eigenvalue weighted by Gasteiger charge is 2.22. The van der Waals surface area contributed by atoms with Crippen LogP contribution in [0.3, 0.4) is 0 Å². The molecule has 0 N–H and O–H groups in total. The second-order valence-electron chi connectivity index (χ2n) is 4.07. The number of carbonyl (C=O) groups excluding carboxylic acids is 1. The van der Waals surface area contributed by atoms with Crippen LogP contribution in [0.1, 0.15) is 6.92 Å². The van der Waals surface area contributed by atoms with Crippen LogP contribution in [0.4, 0.5) is 5.69 Å². The van der Waals surface area contributed by atoms with Crippen molar-refractivity contribution in [2.75, 3.05) is 0 Å². The summed E-state index contributed by atoms with van der Waals surface area (Å²) < 4.78 is 11.0. The first kappa shape index (κ1) is 11.5. The molecule has 2 aliphatic rings. The molecule has 1 heterocycles. The fourth-order valence-electron chi connectivity index (χ4n) is 1.87. The van der Waals surface area contributed by atoms with E-state index in [0.717, 1.165) is 5.69 Å². The lowest BCUT2D eigenvalue weighted by molar-refractivity contribution is -0.136. The number of benzene rings is 1. The van der Waals surface area contributed by atoms with Crippen LogP contribution in [0.2, 0.25) is 0 Å². The Morgan fingerprint density at radius 3 is 2.84 bits per heavy atom. The summed E-state index contributed by atoms with van der Waals surface area (Å²) in [7, 11) is 0. The summed E-state index contributed by atoms with van der Waals surface area (Å²) in [6.45, 7) is 1.35. The van der Waals surface area contributed by atoms with Crippen LogP contribution < -0.4 is 4.74 Å². The van der Waals surface area contributed by atoms with Crippen LogP contribution in [0, 0.1) is 0 Å². The molecule has 0 spiro atoms. The van der Waals surface area contributed by atoms with Gasteiger partial charge in [-0.1, -0.05) is 24.3 Å². The Balaban J connectivity index is 2.13. The lowest BCUT2D eigenvalue weighted by atomic mass is 10.2. The second-order valence-corrected chi connectivity index (χ2v) is 4.07. The molecule has 1 aliphatic heterocycles. The molecule has 0 amide bonds. The second kappa shape index (κ2) is 4.57. The van der Waals surface area contributed by atoms with Gasteiger partial charge in [0, 0.05) is 6.92 Å². The number of fused-ring (bicyclic) bond motifs is 2. The molecule has 94 valence electrons. The Labute approximate surface area is 110 Å². The SMILES string of the molecule is CC(=O)OC1=C2Oc3ccccc3N=C2C=CC=C1. The van der Waals surface area contributed by atoms with E-state index in [2.05, 4.69) is 4.99 Å². The average Bonchev–Trinajstić information content (AvgIpc) is 2.58. The maximum Gasteiger partial charge on any atom is 0.308 e. The number of ether oxygens (including phenoxy) is 2. The molecule has 0 radical (unpaired) electrons. The number of nitrogens with zero attached hydrogens (tertiary/aromatic N) is 1. The molecule has 4 heteroatoms. The van der Waals surface area contributed by atoms with Crippen LogP contribution in [-0.2, 0) is 9.53 Å². The van der Waals surface area contributed by atoms with E-state index in [4.69, 9.17) is 9.47 Å². The summed E-state index contributed by atoms with van der Waals surface area (Å²) in [6, 6.07) is 7.46. The van der Waals surface area contributed by atoms with Crippen molar-refractivity contribution in [3.8, 4) is 5.75 Å². The maximum atomic E-state index is 11.1. The summed E-state index contributed by atoms with van der Waals surface area (Å²) in [5.41, 5.74) is 1.40. The van der Waals surface area contributed by atoms with Gasteiger partial charge in [-0.15, -0.1) is 0 Å². The Morgan fingerprint density at radius 2 is 2.00 bits per heavy atom. The number of aliphatic imine (C=N–C) groups is 1. The van der Waals surface area contributed by atoms with Gasteiger partial charge in [0.2, 0.25) is 0 Å². The molecule has 1 aromatic carbocycles. The summed E-state index contributed by atoms with van der Waals surface area (Å²) in [5.74, 6) is 1.08. The standard InChI is InChI=1S/C15H11NO3/c1-10(17)18-14-9-5-3-7-12-15(14)19-13-8-4-2-6-11(13)16-12/h2-9H,1H3. The molecule has 0 atom stereocenters. The predicted molar refractivity (Wildman–Crippen MR) is 71.2 cm³/mol. The van der Waals surface area contributed by atoms with Crippen LogP contribution >= 0.6 is 0 Å². The first-order valence-corrected chi connectivity index (χ1v) is 5.87. The van der Waals surface area contributed by atoms with Crippen molar-refractivity contribution in [3.05, 3.63) is 60.1 Å². The highest BCUT2D eigenvalue weighted by Crippen LogP contribution is 2.35. The Morgan fingerprint density at radius 1 is 1.21 bits per heavy atom.